The standard InChI is InChI=1S/C14H20F3N3O2S.HI/c1-3-23(21,22)8-7-19-13(18-2)20-10-11-5-4-6-12(9-11)14(15,16)17;/h4-6,9H,3,7-8,10H2,1-2H3,(H2,18,19,20);1H. The lowest BCUT2D eigenvalue weighted by atomic mass is 10.1. The van der Waals surface area contributed by atoms with Crippen molar-refractivity contribution < 1.29 is 21.6 Å². The van der Waals surface area contributed by atoms with Gasteiger partial charge in [0.25, 0.3) is 0 Å². The zero-order valence-corrected chi connectivity index (χ0v) is 16.5. The Balaban J connectivity index is 0.00000529. The number of benzene rings is 1. The molecular weight excluding hydrogens is 458 g/mol. The Kier molecular flexibility index (Phi) is 9.63. The third-order valence-electron chi connectivity index (χ3n) is 3.08. The molecule has 0 aromatic heterocycles. The highest BCUT2D eigenvalue weighted by Gasteiger charge is 2.30. The molecule has 0 aliphatic carbocycles. The van der Waals surface area contributed by atoms with Crippen LogP contribution in [0.2, 0.25) is 0 Å². The molecule has 0 atom stereocenters. The number of sulfone groups is 1. The molecular formula is C14H21F3IN3O2S. The molecule has 0 amide bonds. The Labute approximate surface area is 157 Å². The van der Waals surface area contributed by atoms with Gasteiger partial charge in [0.1, 0.15) is 0 Å². The van der Waals surface area contributed by atoms with Gasteiger partial charge in [-0.25, -0.2) is 8.42 Å². The summed E-state index contributed by atoms with van der Waals surface area (Å²) in [5.74, 6) is 0.354. The summed E-state index contributed by atoms with van der Waals surface area (Å²) in [5.41, 5.74) is -0.266. The number of aliphatic imine (C=N–C) groups is 1. The van der Waals surface area contributed by atoms with Crippen LogP contribution in [0.25, 0.3) is 0 Å². The van der Waals surface area contributed by atoms with Gasteiger partial charge in [0, 0.05) is 25.9 Å². The van der Waals surface area contributed by atoms with Gasteiger partial charge in [-0.3, -0.25) is 4.99 Å². The Morgan fingerprint density at radius 3 is 2.46 bits per heavy atom. The first-order valence-corrected chi connectivity index (χ1v) is 8.81. The van der Waals surface area contributed by atoms with Gasteiger partial charge in [0.2, 0.25) is 0 Å². The van der Waals surface area contributed by atoms with Crippen LogP contribution in [0.5, 0.6) is 0 Å². The molecule has 24 heavy (non-hydrogen) atoms. The Morgan fingerprint density at radius 2 is 1.92 bits per heavy atom. The van der Waals surface area contributed by atoms with Crippen LogP contribution in [0, 0.1) is 0 Å². The molecule has 0 aliphatic rings. The Morgan fingerprint density at radius 1 is 1.25 bits per heavy atom. The zero-order chi connectivity index (χ0) is 17.5. The first kappa shape index (κ1) is 23.0. The average Bonchev–Trinajstić information content (AvgIpc) is 2.50. The van der Waals surface area contributed by atoms with Crippen LogP contribution in [-0.2, 0) is 22.6 Å². The second kappa shape index (κ2) is 10.1. The van der Waals surface area contributed by atoms with Crippen molar-refractivity contribution in [1.82, 2.24) is 10.6 Å². The molecule has 1 rings (SSSR count). The van der Waals surface area contributed by atoms with Gasteiger partial charge in [-0.1, -0.05) is 19.1 Å². The fourth-order valence-corrected chi connectivity index (χ4v) is 2.44. The summed E-state index contributed by atoms with van der Waals surface area (Å²) in [5, 5.41) is 5.66. The largest absolute Gasteiger partial charge is 0.416 e. The molecule has 1 aromatic rings. The van der Waals surface area contributed by atoms with Gasteiger partial charge in [0.05, 0.1) is 11.3 Å². The van der Waals surface area contributed by atoms with E-state index in [-0.39, 0.29) is 48.6 Å². The SMILES string of the molecule is CCS(=O)(=O)CCNC(=NC)NCc1cccc(C(F)(F)F)c1.I. The number of nitrogens with zero attached hydrogens (tertiary/aromatic N) is 1. The predicted molar refractivity (Wildman–Crippen MR) is 99.4 cm³/mol. The molecule has 1 aromatic carbocycles. The smallest absolute Gasteiger partial charge is 0.355 e. The average molecular weight is 479 g/mol. The molecule has 0 aliphatic heterocycles. The molecule has 0 fully saturated rings. The molecule has 0 spiro atoms. The summed E-state index contributed by atoms with van der Waals surface area (Å²) in [6.45, 7) is 1.89. The minimum absolute atomic E-state index is 0. The van der Waals surface area contributed by atoms with E-state index in [2.05, 4.69) is 15.6 Å². The van der Waals surface area contributed by atoms with E-state index in [0.717, 1.165) is 12.1 Å². The highest BCUT2D eigenvalue weighted by atomic mass is 127. The van der Waals surface area contributed by atoms with Gasteiger partial charge in [0.15, 0.2) is 15.8 Å². The molecule has 138 valence electrons. The summed E-state index contributed by atoms with van der Waals surface area (Å²) in [7, 11) is -1.59. The van der Waals surface area contributed by atoms with Crippen LogP contribution < -0.4 is 10.6 Å². The predicted octanol–water partition coefficient (Wildman–Crippen LogP) is 2.42. The van der Waals surface area contributed by atoms with E-state index in [4.69, 9.17) is 0 Å². The molecule has 0 saturated heterocycles. The number of hydrogen-bond donors (Lipinski definition) is 2. The second-order valence-electron chi connectivity index (χ2n) is 4.79. The van der Waals surface area contributed by atoms with Crippen molar-refractivity contribution in [3.8, 4) is 0 Å². The number of nitrogens with one attached hydrogen (secondary N) is 2. The van der Waals surface area contributed by atoms with E-state index in [1.165, 1.54) is 13.1 Å². The van der Waals surface area contributed by atoms with Crippen LogP contribution in [0.4, 0.5) is 13.2 Å². The van der Waals surface area contributed by atoms with Gasteiger partial charge in [-0.05, 0) is 17.7 Å². The fourth-order valence-electron chi connectivity index (χ4n) is 1.73. The number of alkyl halides is 3. The van der Waals surface area contributed by atoms with Gasteiger partial charge in [-0.15, -0.1) is 24.0 Å². The third kappa shape index (κ3) is 8.18. The monoisotopic (exact) mass is 479 g/mol. The molecule has 0 radical (unpaired) electrons. The van der Waals surface area contributed by atoms with E-state index in [0.29, 0.717) is 11.5 Å². The molecule has 0 unspecified atom stereocenters. The van der Waals surface area contributed by atoms with Crippen LogP contribution in [0.15, 0.2) is 29.3 Å². The molecule has 10 heteroatoms. The van der Waals surface area contributed by atoms with Gasteiger partial charge in [-0.2, -0.15) is 13.2 Å². The molecule has 2 N–H and O–H groups in total. The van der Waals surface area contributed by atoms with Crippen molar-refractivity contribution >= 4 is 39.8 Å². The summed E-state index contributed by atoms with van der Waals surface area (Å²) in [4.78, 5) is 3.90. The van der Waals surface area contributed by atoms with Crippen LogP contribution in [-0.4, -0.2) is 39.5 Å². The Hall–Kier alpha value is -1.04. The highest BCUT2D eigenvalue weighted by molar-refractivity contribution is 14.0. The molecule has 0 saturated carbocycles. The van der Waals surface area contributed by atoms with Crippen molar-refractivity contribution in [2.75, 3.05) is 25.1 Å². The zero-order valence-electron chi connectivity index (χ0n) is 13.4. The van der Waals surface area contributed by atoms with Crippen LogP contribution in [0.1, 0.15) is 18.1 Å². The van der Waals surface area contributed by atoms with E-state index < -0.39 is 21.6 Å². The Bertz CT molecular complexity index is 649. The lowest BCUT2D eigenvalue weighted by Crippen LogP contribution is -2.39. The quantitative estimate of drug-likeness (QED) is 0.374. The second-order valence-corrected chi connectivity index (χ2v) is 7.26. The summed E-state index contributed by atoms with van der Waals surface area (Å²) >= 11 is 0. The van der Waals surface area contributed by atoms with Crippen molar-refractivity contribution in [3.63, 3.8) is 0 Å². The highest BCUT2D eigenvalue weighted by Crippen LogP contribution is 2.29. The minimum atomic E-state index is -4.38. The first-order chi connectivity index (χ1) is 10.7. The van der Waals surface area contributed by atoms with Crippen LogP contribution in [0.3, 0.4) is 0 Å². The number of halogens is 4. The summed E-state index contributed by atoms with van der Waals surface area (Å²) < 4.78 is 60.6. The maximum absolute atomic E-state index is 12.6. The van der Waals surface area contributed by atoms with Crippen molar-refractivity contribution in [2.24, 2.45) is 4.99 Å². The molecule has 0 bridgehead atoms. The maximum atomic E-state index is 12.6. The normalized spacial score (nSPS) is 12.5. The third-order valence-corrected chi connectivity index (χ3v) is 4.79. The lowest BCUT2D eigenvalue weighted by molar-refractivity contribution is -0.137. The fraction of sp³-hybridized carbons (Fsp3) is 0.500. The molecule has 0 heterocycles. The van der Waals surface area contributed by atoms with E-state index in [1.54, 1.807) is 13.0 Å². The lowest BCUT2D eigenvalue weighted by Gasteiger charge is -2.13. The maximum Gasteiger partial charge on any atom is 0.416 e. The van der Waals surface area contributed by atoms with E-state index in [9.17, 15) is 21.6 Å². The first-order valence-electron chi connectivity index (χ1n) is 6.99. The summed E-state index contributed by atoms with van der Waals surface area (Å²) in [6, 6.07) is 4.97. The number of guanidine groups is 1. The minimum Gasteiger partial charge on any atom is -0.355 e. The van der Waals surface area contributed by atoms with E-state index in [1.807, 2.05) is 0 Å². The van der Waals surface area contributed by atoms with Crippen molar-refractivity contribution in [2.45, 2.75) is 19.6 Å². The van der Waals surface area contributed by atoms with Gasteiger partial charge >= 0.3 is 6.18 Å². The number of hydrogen-bond acceptors (Lipinski definition) is 3. The molecule has 5 nitrogen and oxygen atoms in total. The topological polar surface area (TPSA) is 70.6 Å². The summed E-state index contributed by atoms with van der Waals surface area (Å²) in [6.07, 6.45) is -4.38. The number of rotatable bonds is 6. The van der Waals surface area contributed by atoms with Gasteiger partial charge < -0.3 is 10.6 Å². The van der Waals surface area contributed by atoms with Crippen LogP contribution >= 0.6 is 24.0 Å². The van der Waals surface area contributed by atoms with Crippen molar-refractivity contribution in [3.05, 3.63) is 35.4 Å². The van der Waals surface area contributed by atoms with E-state index >= 15 is 0 Å². The van der Waals surface area contributed by atoms with Crippen molar-refractivity contribution in [1.29, 1.82) is 0 Å².